The molecule has 43 heavy (non-hydrogen) atoms. The average Bonchev–Trinajstić information content (AvgIpc) is 2.99. The number of piperidine rings is 1. The maximum Gasteiger partial charge on any atom is 0.187 e. The number of ether oxygens (including phenoxy) is 6. The highest BCUT2D eigenvalue weighted by Gasteiger charge is 2.53. The highest BCUT2D eigenvalue weighted by molar-refractivity contribution is 4.98. The fourth-order valence-electron chi connectivity index (χ4n) is 5.59. The van der Waals surface area contributed by atoms with Gasteiger partial charge in [-0.1, -0.05) is 0 Å². The lowest BCUT2D eigenvalue weighted by Gasteiger charge is -2.48. The van der Waals surface area contributed by atoms with Gasteiger partial charge in [-0.25, -0.2) is 0 Å². The van der Waals surface area contributed by atoms with Gasteiger partial charge in [0.1, 0.15) is 79.4 Å². The molecule has 0 radical (unpaired) electrons. The Kier molecular flexibility index (Phi) is 12.1. The Balaban J connectivity index is 1.40. The minimum absolute atomic E-state index is 0.0411. The fourth-order valence-corrected chi connectivity index (χ4v) is 5.59. The van der Waals surface area contributed by atoms with Gasteiger partial charge in [-0.15, -0.1) is 0 Å². The lowest BCUT2D eigenvalue weighted by molar-refractivity contribution is -0.379. The minimum Gasteiger partial charge on any atom is -0.395 e. The van der Waals surface area contributed by atoms with E-state index in [1.54, 1.807) is 0 Å². The first-order valence-electron chi connectivity index (χ1n) is 14.0. The molecule has 19 heteroatoms. The number of rotatable bonds is 9. The van der Waals surface area contributed by atoms with Gasteiger partial charge < -0.3 is 95.0 Å². The summed E-state index contributed by atoms with van der Waals surface area (Å²) in [7, 11) is 0. The first-order valence-corrected chi connectivity index (χ1v) is 14.0. The van der Waals surface area contributed by atoms with Crippen LogP contribution in [0.15, 0.2) is 0 Å². The lowest BCUT2D eigenvalue weighted by atomic mass is 9.95. The Bertz CT molecular complexity index is 870. The molecular weight excluding hydrogens is 590 g/mol. The van der Waals surface area contributed by atoms with Crippen molar-refractivity contribution in [2.24, 2.45) is 0 Å². The van der Waals surface area contributed by atoms with Crippen LogP contribution in [0.5, 0.6) is 0 Å². The highest BCUT2D eigenvalue weighted by atomic mass is 16.8. The van der Waals surface area contributed by atoms with E-state index in [1.165, 1.54) is 6.92 Å². The summed E-state index contributed by atoms with van der Waals surface area (Å²) < 4.78 is 33.3. The van der Waals surface area contributed by atoms with Crippen molar-refractivity contribution in [3.63, 3.8) is 0 Å². The summed E-state index contributed by atoms with van der Waals surface area (Å²) >= 11 is 0. The van der Waals surface area contributed by atoms with E-state index in [9.17, 15) is 61.3 Å². The average molecular weight is 634 g/mol. The number of aliphatic hydroxyl groups excluding tert-OH is 12. The van der Waals surface area contributed by atoms with Gasteiger partial charge in [0.25, 0.3) is 0 Å². The first-order chi connectivity index (χ1) is 20.3. The third-order valence-corrected chi connectivity index (χ3v) is 8.23. The third kappa shape index (κ3) is 7.15. The molecule has 19 nitrogen and oxygen atoms in total. The molecule has 4 fully saturated rings. The van der Waals surface area contributed by atoms with Gasteiger partial charge in [-0.2, -0.15) is 0 Å². The van der Waals surface area contributed by atoms with E-state index in [0.29, 0.717) is 0 Å². The maximum atomic E-state index is 10.9. The molecule has 4 heterocycles. The molecule has 0 spiro atoms. The van der Waals surface area contributed by atoms with Crippen molar-refractivity contribution in [2.75, 3.05) is 26.4 Å². The second-order valence-electron chi connectivity index (χ2n) is 11.2. The summed E-state index contributed by atoms with van der Waals surface area (Å²) in [5.74, 6) is 0. The van der Waals surface area contributed by atoms with Gasteiger partial charge in [-0.3, -0.25) is 0 Å². The van der Waals surface area contributed by atoms with Gasteiger partial charge >= 0.3 is 0 Å². The van der Waals surface area contributed by atoms with Crippen molar-refractivity contribution in [3.8, 4) is 0 Å². The standard InChI is InChI=1S/C24H43NO18/c1-6-19(41-23-16(35)13(32)12(31)9(4-27)39-23)14(33)17(36)22(38-6)43-21-10(5-28)40-24(18(37)15(21)34)42-20-7(3-26)25-2-8(29)11(20)30/h6-37H,2-5H2,1H3. The molecule has 0 aromatic rings. The van der Waals surface area contributed by atoms with E-state index in [2.05, 4.69) is 5.32 Å². The van der Waals surface area contributed by atoms with Crippen LogP contribution in [-0.4, -0.2) is 204 Å². The third-order valence-electron chi connectivity index (χ3n) is 8.23. The zero-order valence-electron chi connectivity index (χ0n) is 23.1. The van der Waals surface area contributed by atoms with Crippen molar-refractivity contribution < 1.29 is 89.7 Å². The molecule has 19 atom stereocenters. The van der Waals surface area contributed by atoms with Gasteiger partial charge in [-0.05, 0) is 6.92 Å². The van der Waals surface area contributed by atoms with Crippen LogP contribution >= 0.6 is 0 Å². The predicted octanol–water partition coefficient (Wildman–Crippen LogP) is -8.47. The van der Waals surface area contributed by atoms with E-state index >= 15 is 0 Å². The molecule has 0 aromatic carbocycles. The van der Waals surface area contributed by atoms with E-state index < -0.39 is 136 Å². The first kappa shape index (κ1) is 35.1. The smallest absolute Gasteiger partial charge is 0.187 e. The monoisotopic (exact) mass is 633 g/mol. The normalized spacial score (nSPS) is 53.1. The zero-order chi connectivity index (χ0) is 31.7. The van der Waals surface area contributed by atoms with Crippen LogP contribution < -0.4 is 5.32 Å². The lowest BCUT2D eigenvalue weighted by Crippen LogP contribution is -2.67. The number of β-amino-alcohol motifs (C(OH)–C–C–N with tert-alkyl or cyclic N) is 1. The van der Waals surface area contributed by atoms with Crippen LogP contribution in [-0.2, 0) is 28.4 Å². The fraction of sp³-hybridized carbons (Fsp3) is 1.00. The second kappa shape index (κ2) is 14.8. The van der Waals surface area contributed by atoms with Crippen molar-refractivity contribution in [3.05, 3.63) is 0 Å². The topological polar surface area (TPSA) is 310 Å². The zero-order valence-corrected chi connectivity index (χ0v) is 23.1. The second-order valence-corrected chi connectivity index (χ2v) is 11.2. The molecule has 0 bridgehead atoms. The molecule has 4 aliphatic heterocycles. The molecule has 252 valence electrons. The van der Waals surface area contributed by atoms with Crippen molar-refractivity contribution in [1.29, 1.82) is 0 Å². The van der Waals surface area contributed by atoms with E-state index in [4.69, 9.17) is 28.4 Å². The van der Waals surface area contributed by atoms with Crippen molar-refractivity contribution in [1.82, 2.24) is 5.32 Å². The SMILES string of the molecule is CC1OC(OC2C(CO)OC(OC3C(CO)NCC(O)C3O)C(O)C2O)C(O)C(O)C1OC1OC(CO)C(O)C(O)C1O. The van der Waals surface area contributed by atoms with E-state index in [0.717, 1.165) is 0 Å². The Morgan fingerprint density at radius 2 is 1.02 bits per heavy atom. The van der Waals surface area contributed by atoms with E-state index in [1.807, 2.05) is 0 Å². The quantitative estimate of drug-likeness (QED) is 0.112. The Morgan fingerprint density at radius 1 is 0.535 bits per heavy atom. The molecule has 4 rings (SSSR count). The maximum absolute atomic E-state index is 10.9. The molecule has 4 aliphatic rings. The molecule has 4 saturated heterocycles. The Morgan fingerprint density at radius 3 is 1.60 bits per heavy atom. The van der Waals surface area contributed by atoms with E-state index in [-0.39, 0.29) is 6.54 Å². The van der Waals surface area contributed by atoms with Gasteiger partial charge in [0.15, 0.2) is 18.9 Å². The molecule has 0 aliphatic carbocycles. The van der Waals surface area contributed by atoms with Gasteiger partial charge in [0.05, 0.1) is 38.1 Å². The molecule has 0 saturated carbocycles. The summed E-state index contributed by atoms with van der Waals surface area (Å²) in [6, 6.07) is -0.861. The Labute approximate surface area is 245 Å². The summed E-state index contributed by atoms with van der Waals surface area (Å²) in [4.78, 5) is 0. The van der Waals surface area contributed by atoms with Gasteiger partial charge in [0, 0.05) is 6.54 Å². The molecule has 19 unspecified atom stereocenters. The van der Waals surface area contributed by atoms with Crippen LogP contribution in [0.3, 0.4) is 0 Å². The van der Waals surface area contributed by atoms with Crippen molar-refractivity contribution >= 4 is 0 Å². The molecule has 13 N–H and O–H groups in total. The highest BCUT2D eigenvalue weighted by Crippen LogP contribution is 2.33. The summed E-state index contributed by atoms with van der Waals surface area (Å²) in [6.45, 7) is -0.671. The minimum atomic E-state index is -1.88. The van der Waals surface area contributed by atoms with Crippen LogP contribution in [0.2, 0.25) is 0 Å². The van der Waals surface area contributed by atoms with Crippen LogP contribution in [0.4, 0.5) is 0 Å². The number of hydrogen-bond donors (Lipinski definition) is 13. The number of hydrogen-bond acceptors (Lipinski definition) is 19. The largest absolute Gasteiger partial charge is 0.395 e. The number of nitrogens with one attached hydrogen (secondary N) is 1. The Hall–Kier alpha value is -0.760. The number of aliphatic hydroxyl groups is 12. The molecule has 0 aromatic heterocycles. The van der Waals surface area contributed by atoms with Crippen molar-refractivity contribution in [2.45, 2.75) is 123 Å². The molecular formula is C24H43NO18. The van der Waals surface area contributed by atoms with Crippen LogP contribution in [0.25, 0.3) is 0 Å². The summed E-state index contributed by atoms with van der Waals surface area (Å²) in [6.07, 6.45) is -28.3. The summed E-state index contributed by atoms with van der Waals surface area (Å²) in [5.41, 5.74) is 0. The van der Waals surface area contributed by atoms with Crippen LogP contribution in [0.1, 0.15) is 6.92 Å². The summed E-state index contributed by atoms with van der Waals surface area (Å²) in [5, 5.41) is 125. The van der Waals surface area contributed by atoms with Crippen LogP contribution in [0, 0.1) is 0 Å². The van der Waals surface area contributed by atoms with Gasteiger partial charge in [0.2, 0.25) is 0 Å². The molecule has 0 amide bonds. The predicted molar refractivity (Wildman–Crippen MR) is 133 cm³/mol.